The van der Waals surface area contributed by atoms with E-state index >= 15 is 0 Å². The Morgan fingerprint density at radius 2 is 1.70 bits per heavy atom. The van der Waals surface area contributed by atoms with Gasteiger partial charge in [-0.3, -0.25) is 0 Å². The smallest absolute Gasteiger partial charge is 0.149 e. The zero-order valence-corrected chi connectivity index (χ0v) is 12.7. The van der Waals surface area contributed by atoms with Gasteiger partial charge in [-0.15, -0.1) is 0 Å². The second-order valence-electron chi connectivity index (χ2n) is 6.29. The fourth-order valence-corrected chi connectivity index (χ4v) is 2.86. The molecule has 0 aliphatic carbocycles. The molecule has 1 fully saturated rings. The van der Waals surface area contributed by atoms with Crippen LogP contribution in [-0.4, -0.2) is 25.2 Å². The molecule has 4 heteroatoms. The van der Waals surface area contributed by atoms with Gasteiger partial charge in [0.15, 0.2) is 0 Å². The molecule has 0 saturated carbocycles. The summed E-state index contributed by atoms with van der Waals surface area (Å²) in [4.78, 5) is 1.91. The van der Waals surface area contributed by atoms with Crippen LogP contribution in [0.4, 0.5) is 14.5 Å². The number of rotatable bonds is 3. The lowest BCUT2D eigenvalue weighted by molar-refractivity contribution is 0.291. The Bertz CT molecular complexity index is 440. The van der Waals surface area contributed by atoms with Crippen LogP contribution in [0.25, 0.3) is 0 Å². The van der Waals surface area contributed by atoms with E-state index in [1.54, 1.807) is 0 Å². The Balaban J connectivity index is 2.36. The summed E-state index contributed by atoms with van der Waals surface area (Å²) in [6, 6.07) is 4.45. The molecule has 1 aromatic rings. The number of halogens is 2. The standard InChI is InChI=1S/C16H24F2N2/c1-10(2)14-9-20(15(8-19-14)11(3)4)16-12(17)6-5-7-13(16)18/h5-7,10-11,14-15,19H,8-9H2,1-4H3. The predicted molar refractivity (Wildman–Crippen MR) is 79.0 cm³/mol. The lowest BCUT2D eigenvalue weighted by atomic mass is 9.93. The van der Waals surface area contributed by atoms with Crippen LogP contribution in [0.3, 0.4) is 0 Å². The Kier molecular flexibility index (Phi) is 4.63. The molecule has 2 rings (SSSR count). The third-order valence-electron chi connectivity index (χ3n) is 4.18. The van der Waals surface area contributed by atoms with E-state index in [2.05, 4.69) is 33.0 Å². The molecule has 1 aliphatic rings. The van der Waals surface area contributed by atoms with E-state index in [0.717, 1.165) is 6.54 Å². The van der Waals surface area contributed by atoms with Crippen molar-refractivity contribution in [3.63, 3.8) is 0 Å². The van der Waals surface area contributed by atoms with Crippen molar-refractivity contribution in [1.82, 2.24) is 5.32 Å². The van der Waals surface area contributed by atoms with Crippen LogP contribution in [0.1, 0.15) is 27.7 Å². The molecular formula is C16H24F2N2. The molecule has 0 bridgehead atoms. The molecule has 20 heavy (non-hydrogen) atoms. The summed E-state index contributed by atoms with van der Waals surface area (Å²) in [6.45, 7) is 9.83. The molecule has 1 N–H and O–H groups in total. The van der Waals surface area contributed by atoms with Gasteiger partial charge >= 0.3 is 0 Å². The molecule has 1 saturated heterocycles. The fourth-order valence-electron chi connectivity index (χ4n) is 2.86. The molecule has 1 aliphatic heterocycles. The SMILES string of the molecule is CC(C)C1CN(c2c(F)cccc2F)C(C(C)C)CN1. The van der Waals surface area contributed by atoms with Crippen molar-refractivity contribution in [3.8, 4) is 0 Å². The molecule has 0 spiro atoms. The van der Waals surface area contributed by atoms with Crippen molar-refractivity contribution in [1.29, 1.82) is 0 Å². The summed E-state index contributed by atoms with van der Waals surface area (Å²) in [5.74, 6) is -0.185. The van der Waals surface area contributed by atoms with E-state index in [9.17, 15) is 8.78 Å². The molecule has 0 amide bonds. The fraction of sp³-hybridized carbons (Fsp3) is 0.625. The highest BCUT2D eigenvalue weighted by Crippen LogP contribution is 2.30. The van der Waals surface area contributed by atoms with Gasteiger partial charge in [-0.2, -0.15) is 0 Å². The van der Waals surface area contributed by atoms with E-state index in [1.807, 2.05) is 4.90 Å². The van der Waals surface area contributed by atoms with Crippen LogP contribution in [0.15, 0.2) is 18.2 Å². The zero-order chi connectivity index (χ0) is 14.9. The Morgan fingerprint density at radius 1 is 1.10 bits per heavy atom. The van der Waals surface area contributed by atoms with E-state index in [0.29, 0.717) is 18.4 Å². The van der Waals surface area contributed by atoms with Crippen molar-refractivity contribution in [2.24, 2.45) is 11.8 Å². The van der Waals surface area contributed by atoms with Gasteiger partial charge in [0.1, 0.15) is 17.3 Å². The second-order valence-corrected chi connectivity index (χ2v) is 6.29. The van der Waals surface area contributed by atoms with Gasteiger partial charge < -0.3 is 10.2 Å². The number of nitrogens with one attached hydrogen (secondary N) is 1. The van der Waals surface area contributed by atoms with Crippen molar-refractivity contribution in [3.05, 3.63) is 29.8 Å². The van der Waals surface area contributed by atoms with Crippen LogP contribution >= 0.6 is 0 Å². The quantitative estimate of drug-likeness (QED) is 0.914. The van der Waals surface area contributed by atoms with E-state index < -0.39 is 11.6 Å². The summed E-state index contributed by atoms with van der Waals surface area (Å²) in [5, 5.41) is 3.50. The molecule has 112 valence electrons. The number of piperazine rings is 1. The van der Waals surface area contributed by atoms with Crippen LogP contribution in [0.5, 0.6) is 0 Å². The summed E-state index contributed by atoms with van der Waals surface area (Å²) >= 11 is 0. The van der Waals surface area contributed by atoms with Gasteiger partial charge in [-0.25, -0.2) is 8.78 Å². The first kappa shape index (κ1) is 15.2. The molecule has 1 heterocycles. The zero-order valence-electron chi connectivity index (χ0n) is 12.7. The lowest BCUT2D eigenvalue weighted by Crippen LogP contribution is -2.60. The van der Waals surface area contributed by atoms with Crippen molar-refractivity contribution in [2.75, 3.05) is 18.0 Å². The Hall–Kier alpha value is -1.16. The maximum absolute atomic E-state index is 14.1. The molecule has 2 nitrogen and oxygen atoms in total. The van der Waals surface area contributed by atoms with Crippen LogP contribution in [0, 0.1) is 23.5 Å². The molecule has 0 aromatic heterocycles. The maximum Gasteiger partial charge on any atom is 0.149 e. The Labute approximate surface area is 120 Å². The van der Waals surface area contributed by atoms with Crippen LogP contribution in [-0.2, 0) is 0 Å². The highest BCUT2D eigenvalue weighted by molar-refractivity contribution is 5.51. The number of benzene rings is 1. The minimum absolute atomic E-state index is 0.108. The van der Waals surface area contributed by atoms with Crippen molar-refractivity contribution >= 4 is 5.69 Å². The minimum Gasteiger partial charge on any atom is -0.361 e. The highest BCUT2D eigenvalue weighted by Gasteiger charge is 2.33. The summed E-state index contributed by atoms with van der Waals surface area (Å²) in [5.41, 5.74) is 0.123. The highest BCUT2D eigenvalue weighted by atomic mass is 19.1. The lowest BCUT2D eigenvalue weighted by Gasteiger charge is -2.45. The van der Waals surface area contributed by atoms with Gasteiger partial charge in [-0.05, 0) is 24.0 Å². The van der Waals surface area contributed by atoms with E-state index in [1.165, 1.54) is 18.2 Å². The number of nitrogens with zero attached hydrogens (tertiary/aromatic N) is 1. The van der Waals surface area contributed by atoms with Gasteiger partial charge in [0, 0.05) is 25.2 Å². The maximum atomic E-state index is 14.1. The number of hydrogen-bond donors (Lipinski definition) is 1. The second kappa shape index (κ2) is 6.08. The average molecular weight is 282 g/mol. The first-order valence-corrected chi connectivity index (χ1v) is 7.35. The number of para-hydroxylation sites is 1. The first-order valence-electron chi connectivity index (χ1n) is 7.35. The predicted octanol–water partition coefficient (Wildman–Crippen LogP) is 3.42. The Morgan fingerprint density at radius 3 is 2.20 bits per heavy atom. The summed E-state index contributed by atoms with van der Waals surface area (Å²) in [7, 11) is 0. The van der Waals surface area contributed by atoms with Crippen molar-refractivity contribution in [2.45, 2.75) is 39.8 Å². The van der Waals surface area contributed by atoms with Gasteiger partial charge in [0.25, 0.3) is 0 Å². The molecule has 0 radical (unpaired) electrons. The largest absolute Gasteiger partial charge is 0.361 e. The van der Waals surface area contributed by atoms with Crippen LogP contribution < -0.4 is 10.2 Å². The summed E-state index contributed by atoms with van der Waals surface area (Å²) in [6.07, 6.45) is 0. The number of anilines is 1. The third kappa shape index (κ3) is 2.95. The number of hydrogen-bond acceptors (Lipinski definition) is 2. The van der Waals surface area contributed by atoms with Gasteiger partial charge in [-0.1, -0.05) is 33.8 Å². The van der Waals surface area contributed by atoms with Gasteiger partial charge in [0.05, 0.1) is 0 Å². The molecule has 2 unspecified atom stereocenters. The summed E-state index contributed by atoms with van der Waals surface area (Å²) < 4.78 is 28.2. The normalized spacial score (nSPS) is 23.7. The van der Waals surface area contributed by atoms with Crippen LogP contribution in [0.2, 0.25) is 0 Å². The first-order chi connectivity index (χ1) is 9.41. The van der Waals surface area contributed by atoms with E-state index in [4.69, 9.17) is 0 Å². The minimum atomic E-state index is -0.472. The van der Waals surface area contributed by atoms with E-state index in [-0.39, 0.29) is 17.8 Å². The topological polar surface area (TPSA) is 15.3 Å². The molecule has 2 atom stereocenters. The average Bonchev–Trinajstić information content (AvgIpc) is 2.38. The molecular weight excluding hydrogens is 258 g/mol. The van der Waals surface area contributed by atoms with Crippen molar-refractivity contribution < 1.29 is 8.78 Å². The van der Waals surface area contributed by atoms with Gasteiger partial charge in [0.2, 0.25) is 0 Å². The third-order valence-corrected chi connectivity index (χ3v) is 4.18. The molecule has 1 aromatic carbocycles. The monoisotopic (exact) mass is 282 g/mol.